The normalized spacial score (nSPS) is 16.4. The topological polar surface area (TPSA) is 71.3 Å². The van der Waals surface area contributed by atoms with Crippen LogP contribution in [0.15, 0.2) is 46.9 Å². The van der Waals surface area contributed by atoms with Crippen LogP contribution in [0.2, 0.25) is 5.15 Å². The van der Waals surface area contributed by atoms with E-state index in [-0.39, 0.29) is 17.9 Å². The summed E-state index contributed by atoms with van der Waals surface area (Å²) in [6.07, 6.45) is 1.56. The predicted octanol–water partition coefficient (Wildman–Crippen LogP) is 3.97. The molecule has 0 spiro atoms. The minimum absolute atomic E-state index is 0.00617. The monoisotopic (exact) mass is 384 g/mol. The molecule has 1 aliphatic heterocycles. The van der Waals surface area contributed by atoms with E-state index >= 15 is 0 Å². The minimum Gasteiger partial charge on any atom is -0.459 e. The highest BCUT2D eigenvalue weighted by atomic mass is 35.5. The first-order valence-electron chi connectivity index (χ1n) is 9.13. The maximum atomic E-state index is 12.7. The van der Waals surface area contributed by atoms with E-state index < -0.39 is 0 Å². The average Bonchev–Trinajstić information content (AvgIpc) is 3.13. The zero-order chi connectivity index (χ0) is 18.8. The maximum absolute atomic E-state index is 12.7. The number of carbonyl (C=O) groups excluding carboxylic acids is 1. The lowest BCUT2D eigenvalue weighted by atomic mass is 9.95. The molecule has 1 aromatic carbocycles. The van der Waals surface area contributed by atoms with Crippen LogP contribution in [0.3, 0.4) is 0 Å². The molecule has 3 aromatic rings. The third-order valence-corrected chi connectivity index (χ3v) is 5.24. The molecule has 3 heterocycles. The Bertz CT molecular complexity index is 900. The van der Waals surface area contributed by atoms with E-state index in [1.807, 2.05) is 43.3 Å². The Hall–Kier alpha value is -2.60. The molecule has 140 valence electrons. The summed E-state index contributed by atoms with van der Waals surface area (Å²) < 4.78 is 5.85. The predicted molar refractivity (Wildman–Crippen MR) is 105 cm³/mol. The van der Waals surface area contributed by atoms with Crippen LogP contribution >= 0.6 is 11.6 Å². The van der Waals surface area contributed by atoms with E-state index in [9.17, 15) is 4.79 Å². The molecule has 27 heavy (non-hydrogen) atoms. The van der Waals surface area contributed by atoms with Crippen molar-refractivity contribution in [2.24, 2.45) is 5.92 Å². The lowest BCUT2D eigenvalue weighted by molar-refractivity contribution is -0.126. The number of para-hydroxylation sites is 1. The largest absolute Gasteiger partial charge is 0.459 e. The van der Waals surface area contributed by atoms with Crippen LogP contribution in [0.5, 0.6) is 0 Å². The lowest BCUT2D eigenvalue weighted by Gasteiger charge is -2.32. The fourth-order valence-electron chi connectivity index (χ4n) is 3.47. The number of halogens is 1. The minimum atomic E-state index is -0.162. The molecule has 0 radical (unpaired) electrons. The SMILES string of the molecule is CC(NC(=O)C1CCN(c2ccc(Cl)nn2)CC1)c1cc2ccccc2o1. The number of nitrogens with zero attached hydrogens (tertiary/aromatic N) is 3. The van der Waals surface area contributed by atoms with Gasteiger partial charge in [0.2, 0.25) is 5.91 Å². The van der Waals surface area contributed by atoms with Crippen molar-refractivity contribution in [1.82, 2.24) is 15.5 Å². The quantitative estimate of drug-likeness (QED) is 0.736. The molecule has 0 aliphatic carbocycles. The van der Waals surface area contributed by atoms with Crippen molar-refractivity contribution in [3.63, 3.8) is 0 Å². The second kappa shape index (κ2) is 7.56. The Kier molecular flexibility index (Phi) is 4.99. The Morgan fingerprint density at radius 2 is 2.00 bits per heavy atom. The van der Waals surface area contributed by atoms with Crippen molar-refractivity contribution in [3.8, 4) is 0 Å². The summed E-state index contributed by atoms with van der Waals surface area (Å²) >= 11 is 5.79. The van der Waals surface area contributed by atoms with E-state index in [2.05, 4.69) is 20.4 Å². The Morgan fingerprint density at radius 1 is 1.22 bits per heavy atom. The Balaban J connectivity index is 1.34. The number of anilines is 1. The molecule has 1 N–H and O–H groups in total. The van der Waals surface area contributed by atoms with Crippen LogP contribution in [-0.2, 0) is 4.79 Å². The molecule has 4 rings (SSSR count). The van der Waals surface area contributed by atoms with Gasteiger partial charge in [0, 0.05) is 24.4 Å². The molecular formula is C20H21ClN4O2. The van der Waals surface area contributed by atoms with Gasteiger partial charge >= 0.3 is 0 Å². The van der Waals surface area contributed by atoms with Crippen molar-refractivity contribution in [3.05, 3.63) is 53.4 Å². The standard InChI is InChI=1S/C20H21ClN4O2/c1-13(17-12-15-4-2-3-5-16(15)27-17)22-20(26)14-8-10-25(11-9-14)19-7-6-18(21)23-24-19/h2-7,12-14H,8-11H2,1H3,(H,22,26). The zero-order valence-electron chi connectivity index (χ0n) is 15.1. The van der Waals surface area contributed by atoms with Crippen LogP contribution in [0.25, 0.3) is 11.0 Å². The molecule has 0 saturated carbocycles. The van der Waals surface area contributed by atoms with Gasteiger partial charge in [0.15, 0.2) is 11.0 Å². The number of rotatable bonds is 4. The van der Waals surface area contributed by atoms with E-state index in [1.54, 1.807) is 6.07 Å². The summed E-state index contributed by atoms with van der Waals surface area (Å²) in [6, 6.07) is 13.3. The maximum Gasteiger partial charge on any atom is 0.223 e. The molecule has 1 amide bonds. The molecule has 1 unspecified atom stereocenters. The Labute approximate surface area is 162 Å². The van der Waals surface area contributed by atoms with Crippen LogP contribution in [-0.4, -0.2) is 29.2 Å². The summed E-state index contributed by atoms with van der Waals surface area (Å²) in [6.45, 7) is 3.49. The van der Waals surface area contributed by atoms with E-state index in [1.165, 1.54) is 0 Å². The molecule has 2 aromatic heterocycles. The van der Waals surface area contributed by atoms with Crippen molar-refractivity contribution in [2.75, 3.05) is 18.0 Å². The van der Waals surface area contributed by atoms with Gasteiger partial charge in [-0.05, 0) is 44.0 Å². The highest BCUT2D eigenvalue weighted by Gasteiger charge is 2.27. The summed E-state index contributed by atoms with van der Waals surface area (Å²) in [5.41, 5.74) is 0.839. The van der Waals surface area contributed by atoms with E-state index in [0.717, 1.165) is 48.5 Å². The van der Waals surface area contributed by atoms with Crippen molar-refractivity contribution in [2.45, 2.75) is 25.8 Å². The number of fused-ring (bicyclic) bond motifs is 1. The number of hydrogen-bond donors (Lipinski definition) is 1. The molecule has 1 aliphatic rings. The molecule has 1 fully saturated rings. The molecule has 1 saturated heterocycles. The number of piperidine rings is 1. The highest BCUT2D eigenvalue weighted by Crippen LogP contribution is 2.26. The third kappa shape index (κ3) is 3.90. The molecule has 6 nitrogen and oxygen atoms in total. The first kappa shape index (κ1) is 17.8. The Morgan fingerprint density at radius 3 is 2.70 bits per heavy atom. The van der Waals surface area contributed by atoms with Gasteiger partial charge in [0.05, 0.1) is 6.04 Å². The van der Waals surface area contributed by atoms with Crippen LogP contribution < -0.4 is 10.2 Å². The van der Waals surface area contributed by atoms with Crippen LogP contribution in [0.4, 0.5) is 5.82 Å². The molecule has 7 heteroatoms. The van der Waals surface area contributed by atoms with E-state index in [4.69, 9.17) is 16.0 Å². The summed E-state index contributed by atoms with van der Waals surface area (Å²) in [5, 5.41) is 12.5. The number of aromatic nitrogens is 2. The number of benzene rings is 1. The third-order valence-electron chi connectivity index (χ3n) is 5.04. The second-order valence-electron chi connectivity index (χ2n) is 6.89. The van der Waals surface area contributed by atoms with Gasteiger partial charge in [0.1, 0.15) is 11.3 Å². The fraction of sp³-hybridized carbons (Fsp3) is 0.350. The van der Waals surface area contributed by atoms with Gasteiger partial charge in [-0.15, -0.1) is 10.2 Å². The van der Waals surface area contributed by atoms with Crippen LogP contribution in [0, 0.1) is 5.92 Å². The number of furan rings is 1. The average molecular weight is 385 g/mol. The molecule has 0 bridgehead atoms. The highest BCUT2D eigenvalue weighted by molar-refractivity contribution is 6.29. The number of nitrogens with one attached hydrogen (secondary N) is 1. The van der Waals surface area contributed by atoms with Crippen molar-refractivity contribution in [1.29, 1.82) is 0 Å². The van der Waals surface area contributed by atoms with Gasteiger partial charge < -0.3 is 14.6 Å². The first-order valence-corrected chi connectivity index (χ1v) is 9.51. The van der Waals surface area contributed by atoms with Crippen molar-refractivity contribution >= 4 is 34.3 Å². The summed E-state index contributed by atoms with van der Waals surface area (Å²) in [4.78, 5) is 14.8. The number of amides is 1. The fourth-order valence-corrected chi connectivity index (χ4v) is 3.57. The first-order chi connectivity index (χ1) is 13.1. The summed E-state index contributed by atoms with van der Waals surface area (Å²) in [7, 11) is 0. The van der Waals surface area contributed by atoms with E-state index in [0.29, 0.717) is 5.15 Å². The number of carbonyl (C=O) groups is 1. The van der Waals surface area contributed by atoms with Crippen molar-refractivity contribution < 1.29 is 9.21 Å². The summed E-state index contributed by atoms with van der Waals surface area (Å²) in [5.74, 6) is 1.64. The van der Waals surface area contributed by atoms with Gasteiger partial charge in [-0.1, -0.05) is 29.8 Å². The lowest BCUT2D eigenvalue weighted by Crippen LogP contribution is -2.41. The second-order valence-corrected chi connectivity index (χ2v) is 7.28. The van der Waals surface area contributed by atoms with Gasteiger partial charge in [-0.25, -0.2) is 0 Å². The zero-order valence-corrected chi connectivity index (χ0v) is 15.8. The van der Waals surface area contributed by atoms with Crippen LogP contribution in [0.1, 0.15) is 31.6 Å². The smallest absolute Gasteiger partial charge is 0.223 e. The molecular weight excluding hydrogens is 364 g/mol. The molecule has 1 atom stereocenters. The van der Waals surface area contributed by atoms with Gasteiger partial charge in [-0.3, -0.25) is 4.79 Å². The number of hydrogen-bond acceptors (Lipinski definition) is 5. The van der Waals surface area contributed by atoms with Gasteiger partial charge in [0.25, 0.3) is 0 Å². The van der Waals surface area contributed by atoms with Gasteiger partial charge in [-0.2, -0.15) is 0 Å².